The molecule has 1 N–H and O–H groups in total. The van der Waals surface area contributed by atoms with E-state index in [2.05, 4.69) is 52.2 Å². The molecular formula is C25H33N5OS2. The number of carbonyl (C=O) groups is 1. The third-order valence-electron chi connectivity index (χ3n) is 6.66. The zero-order chi connectivity index (χ0) is 23.6. The summed E-state index contributed by atoms with van der Waals surface area (Å²) in [7, 11) is 0. The molecule has 2 aromatic rings. The zero-order valence-electron chi connectivity index (χ0n) is 20.0. The molecule has 6 nitrogen and oxygen atoms in total. The van der Waals surface area contributed by atoms with Crippen LogP contribution in [0.15, 0.2) is 29.4 Å². The molecule has 0 atom stereocenters. The Balaban J connectivity index is 1.26. The molecule has 2 fully saturated rings. The van der Waals surface area contributed by atoms with Gasteiger partial charge in [-0.15, -0.1) is 0 Å². The standard InChI is InChI=1S/C25H33N5OS2/c1-17-11-18(2)13-21(12-17)28-24(32)29-8-5-25(6-9-29)7-10-30(16-25)22(31)15-33-23-26-19(3)14-20(4)27-23/h11-14H,5-10,15-16H2,1-4H3,(H,28,32). The van der Waals surface area contributed by atoms with Crippen LogP contribution >= 0.6 is 24.0 Å². The predicted octanol–water partition coefficient (Wildman–Crippen LogP) is 4.51. The van der Waals surface area contributed by atoms with Crippen molar-refractivity contribution in [3.8, 4) is 0 Å². The molecule has 3 heterocycles. The number of nitrogens with one attached hydrogen (secondary N) is 1. The Bertz CT molecular complexity index is 1010. The lowest BCUT2D eigenvalue weighted by molar-refractivity contribution is -0.127. The van der Waals surface area contributed by atoms with Gasteiger partial charge < -0.3 is 15.1 Å². The van der Waals surface area contributed by atoms with Crippen molar-refractivity contribution < 1.29 is 4.79 Å². The topological polar surface area (TPSA) is 61.4 Å². The van der Waals surface area contributed by atoms with Crippen LogP contribution in [-0.2, 0) is 4.79 Å². The Morgan fingerprint density at radius 3 is 2.15 bits per heavy atom. The number of hydrogen-bond acceptors (Lipinski definition) is 5. The second kappa shape index (κ2) is 9.97. The van der Waals surface area contributed by atoms with Crippen LogP contribution in [-0.4, -0.2) is 62.7 Å². The molecule has 1 aromatic heterocycles. The quantitative estimate of drug-likeness (QED) is 0.390. The average molecular weight is 484 g/mol. The first-order valence-corrected chi connectivity index (χ1v) is 13.0. The minimum Gasteiger partial charge on any atom is -0.349 e. The molecule has 2 saturated heterocycles. The van der Waals surface area contributed by atoms with Crippen molar-refractivity contribution in [3.05, 3.63) is 46.8 Å². The van der Waals surface area contributed by atoms with Gasteiger partial charge in [0.25, 0.3) is 0 Å². The van der Waals surface area contributed by atoms with Gasteiger partial charge in [-0.3, -0.25) is 4.79 Å². The number of amides is 1. The highest BCUT2D eigenvalue weighted by molar-refractivity contribution is 7.99. The molecule has 0 saturated carbocycles. The minimum absolute atomic E-state index is 0.189. The maximum Gasteiger partial charge on any atom is 0.233 e. The van der Waals surface area contributed by atoms with Crippen LogP contribution in [0, 0.1) is 33.1 Å². The van der Waals surface area contributed by atoms with Gasteiger partial charge >= 0.3 is 0 Å². The number of benzene rings is 1. The van der Waals surface area contributed by atoms with Crippen LogP contribution in [0.3, 0.4) is 0 Å². The molecule has 4 rings (SSSR count). The molecule has 33 heavy (non-hydrogen) atoms. The van der Waals surface area contributed by atoms with Gasteiger partial charge in [-0.25, -0.2) is 9.97 Å². The van der Waals surface area contributed by atoms with E-state index in [1.54, 1.807) is 0 Å². The average Bonchev–Trinajstić information content (AvgIpc) is 3.14. The Kier molecular flexibility index (Phi) is 7.24. The van der Waals surface area contributed by atoms with Crippen molar-refractivity contribution in [3.63, 3.8) is 0 Å². The predicted molar refractivity (Wildman–Crippen MR) is 139 cm³/mol. The van der Waals surface area contributed by atoms with Crippen molar-refractivity contribution in [2.24, 2.45) is 5.41 Å². The Morgan fingerprint density at radius 2 is 1.55 bits per heavy atom. The van der Waals surface area contributed by atoms with Gasteiger partial charge in [0.05, 0.1) is 5.75 Å². The van der Waals surface area contributed by atoms with Gasteiger partial charge in [0.15, 0.2) is 10.3 Å². The number of aromatic nitrogens is 2. The van der Waals surface area contributed by atoms with E-state index >= 15 is 0 Å². The molecule has 0 aliphatic carbocycles. The first kappa shape index (κ1) is 24.0. The summed E-state index contributed by atoms with van der Waals surface area (Å²) in [4.78, 5) is 26.0. The van der Waals surface area contributed by atoms with Crippen LogP contribution in [0.25, 0.3) is 0 Å². The summed E-state index contributed by atoms with van der Waals surface area (Å²) in [6.45, 7) is 11.7. The van der Waals surface area contributed by atoms with Crippen molar-refractivity contribution >= 4 is 40.7 Å². The van der Waals surface area contributed by atoms with Crippen molar-refractivity contribution in [2.45, 2.75) is 52.1 Å². The van der Waals surface area contributed by atoms with Crippen molar-refractivity contribution in [1.29, 1.82) is 0 Å². The molecule has 1 amide bonds. The maximum absolute atomic E-state index is 12.9. The zero-order valence-corrected chi connectivity index (χ0v) is 21.6. The van der Waals surface area contributed by atoms with Crippen LogP contribution < -0.4 is 5.32 Å². The van der Waals surface area contributed by atoms with E-state index in [1.807, 2.05) is 24.8 Å². The number of aryl methyl sites for hydroxylation is 4. The summed E-state index contributed by atoms with van der Waals surface area (Å²) in [6, 6.07) is 8.38. The lowest BCUT2D eigenvalue weighted by atomic mass is 9.78. The van der Waals surface area contributed by atoms with Gasteiger partial charge in [0.2, 0.25) is 5.91 Å². The largest absolute Gasteiger partial charge is 0.349 e. The molecule has 176 valence electrons. The number of thioether (sulfide) groups is 1. The van der Waals surface area contributed by atoms with Gasteiger partial charge in [-0.1, -0.05) is 17.8 Å². The highest BCUT2D eigenvalue weighted by Gasteiger charge is 2.42. The second-order valence-corrected chi connectivity index (χ2v) is 10.9. The number of anilines is 1. The third kappa shape index (κ3) is 6.03. The summed E-state index contributed by atoms with van der Waals surface area (Å²) < 4.78 is 0. The number of thiocarbonyl (C=S) groups is 1. The number of rotatable bonds is 4. The fraction of sp³-hybridized carbons (Fsp3) is 0.520. The third-order valence-corrected chi connectivity index (χ3v) is 7.85. The SMILES string of the molecule is Cc1cc(C)cc(NC(=S)N2CCC3(CCN(C(=O)CSc4nc(C)cc(C)n4)C3)CC2)c1. The lowest BCUT2D eigenvalue weighted by Crippen LogP contribution is -2.46. The second-order valence-electron chi connectivity index (χ2n) is 9.58. The summed E-state index contributed by atoms with van der Waals surface area (Å²) in [5.74, 6) is 0.587. The van der Waals surface area contributed by atoms with E-state index in [9.17, 15) is 4.79 Å². The molecule has 1 spiro atoms. The number of likely N-dealkylation sites (tertiary alicyclic amines) is 2. The summed E-state index contributed by atoms with van der Waals surface area (Å²) in [6.07, 6.45) is 3.21. The first-order chi connectivity index (χ1) is 15.7. The minimum atomic E-state index is 0.189. The van der Waals surface area contributed by atoms with E-state index < -0.39 is 0 Å². The van der Waals surface area contributed by atoms with Gasteiger partial charge in [0, 0.05) is 43.3 Å². The first-order valence-electron chi connectivity index (χ1n) is 11.6. The molecule has 0 unspecified atom stereocenters. The number of nitrogens with zero attached hydrogens (tertiary/aromatic N) is 4. The molecule has 0 radical (unpaired) electrons. The Morgan fingerprint density at radius 1 is 0.970 bits per heavy atom. The fourth-order valence-electron chi connectivity index (χ4n) is 4.97. The summed E-state index contributed by atoms with van der Waals surface area (Å²) in [5.41, 5.74) is 5.62. The molecular weight excluding hydrogens is 450 g/mol. The molecule has 2 aliphatic heterocycles. The number of piperidine rings is 1. The van der Waals surface area contributed by atoms with Crippen LogP contribution in [0.5, 0.6) is 0 Å². The molecule has 2 aliphatic rings. The fourth-order valence-corrected chi connectivity index (χ4v) is 6.12. The smallest absolute Gasteiger partial charge is 0.233 e. The van der Waals surface area contributed by atoms with Gasteiger partial charge in [0.1, 0.15) is 0 Å². The van der Waals surface area contributed by atoms with Crippen LogP contribution in [0.2, 0.25) is 0 Å². The van der Waals surface area contributed by atoms with E-state index in [-0.39, 0.29) is 11.3 Å². The van der Waals surface area contributed by atoms with Gasteiger partial charge in [-0.2, -0.15) is 0 Å². The number of hydrogen-bond donors (Lipinski definition) is 1. The maximum atomic E-state index is 12.9. The summed E-state index contributed by atoms with van der Waals surface area (Å²) >= 11 is 7.14. The van der Waals surface area contributed by atoms with E-state index in [0.29, 0.717) is 10.9 Å². The monoisotopic (exact) mass is 483 g/mol. The number of carbonyl (C=O) groups excluding carboxylic acids is 1. The van der Waals surface area contributed by atoms with Crippen molar-refractivity contribution in [2.75, 3.05) is 37.2 Å². The van der Waals surface area contributed by atoms with Crippen LogP contribution in [0.4, 0.5) is 5.69 Å². The molecule has 1 aromatic carbocycles. The van der Waals surface area contributed by atoms with Crippen LogP contribution in [0.1, 0.15) is 41.8 Å². The lowest BCUT2D eigenvalue weighted by Gasteiger charge is -2.40. The normalized spacial score (nSPS) is 17.5. The van der Waals surface area contributed by atoms with Crippen molar-refractivity contribution in [1.82, 2.24) is 19.8 Å². The highest BCUT2D eigenvalue weighted by Crippen LogP contribution is 2.40. The highest BCUT2D eigenvalue weighted by atomic mass is 32.2. The van der Waals surface area contributed by atoms with E-state index in [4.69, 9.17) is 12.2 Å². The Hall–Kier alpha value is -2.19. The Labute approximate surface area is 206 Å². The van der Waals surface area contributed by atoms with E-state index in [1.165, 1.54) is 22.9 Å². The summed E-state index contributed by atoms with van der Waals surface area (Å²) in [5, 5.41) is 4.90. The van der Waals surface area contributed by atoms with Gasteiger partial charge in [-0.05, 0) is 93.9 Å². The molecule has 0 bridgehead atoms. The molecule has 8 heteroatoms. The van der Waals surface area contributed by atoms with E-state index in [0.717, 1.165) is 67.6 Å².